The molecule has 0 saturated carbocycles. The highest BCUT2D eigenvalue weighted by Gasteiger charge is 2.23. The second-order valence-electron chi connectivity index (χ2n) is 16.8. The summed E-state index contributed by atoms with van der Waals surface area (Å²) >= 11 is 0. The number of anilines is 3. The topological polar surface area (TPSA) is 21.3 Å². The minimum atomic E-state index is 0.846. The van der Waals surface area contributed by atoms with Gasteiger partial charge in [-0.1, -0.05) is 176 Å². The van der Waals surface area contributed by atoms with Crippen molar-refractivity contribution in [2.45, 2.75) is 0 Å². The van der Waals surface area contributed by atoms with Crippen LogP contribution in [0.4, 0.5) is 17.1 Å². The Morgan fingerprint density at radius 2 is 0.892 bits per heavy atom. The van der Waals surface area contributed by atoms with Gasteiger partial charge in [0.1, 0.15) is 5.58 Å². The first-order valence-corrected chi connectivity index (χ1v) is 22.2. The molecular weight excluding hydrogens is 789 g/mol. The molecule has 13 aromatic rings. The molecule has 304 valence electrons. The Labute approximate surface area is 376 Å². The van der Waals surface area contributed by atoms with Crippen LogP contribution in [0.25, 0.3) is 104 Å². The Hall–Kier alpha value is -8.66. The van der Waals surface area contributed by atoms with Gasteiger partial charge in [-0.3, -0.25) is 0 Å². The molecule has 3 heteroatoms. The van der Waals surface area contributed by atoms with E-state index in [1.807, 2.05) is 0 Å². The summed E-state index contributed by atoms with van der Waals surface area (Å²) in [6.07, 6.45) is 0. The fraction of sp³-hybridized carbons (Fsp3) is 0. The Kier molecular flexibility index (Phi) is 8.53. The van der Waals surface area contributed by atoms with E-state index in [1.54, 1.807) is 0 Å². The first kappa shape index (κ1) is 36.9. The molecule has 65 heavy (non-hydrogen) atoms. The van der Waals surface area contributed by atoms with Crippen molar-refractivity contribution in [2.75, 3.05) is 4.90 Å². The molecule has 0 aliphatic rings. The van der Waals surface area contributed by atoms with Crippen LogP contribution in [0.1, 0.15) is 0 Å². The maximum Gasteiger partial charge on any atom is 0.159 e. The molecule has 0 unspecified atom stereocenters. The highest BCUT2D eigenvalue weighted by Crippen LogP contribution is 2.47. The van der Waals surface area contributed by atoms with Gasteiger partial charge in [-0.05, 0) is 116 Å². The van der Waals surface area contributed by atoms with Crippen molar-refractivity contribution < 1.29 is 4.42 Å². The van der Waals surface area contributed by atoms with Gasteiger partial charge < -0.3 is 13.9 Å². The summed E-state index contributed by atoms with van der Waals surface area (Å²) in [4.78, 5) is 2.35. The van der Waals surface area contributed by atoms with Gasteiger partial charge in [0.15, 0.2) is 5.58 Å². The molecule has 2 aromatic heterocycles. The number of aromatic nitrogens is 1. The summed E-state index contributed by atoms with van der Waals surface area (Å²) in [6.45, 7) is 0. The lowest BCUT2D eigenvalue weighted by atomic mass is 9.96. The molecule has 0 radical (unpaired) electrons. The van der Waals surface area contributed by atoms with Crippen molar-refractivity contribution in [1.29, 1.82) is 0 Å². The van der Waals surface area contributed by atoms with Crippen molar-refractivity contribution in [3.63, 3.8) is 0 Å². The molecule has 0 fully saturated rings. The molecule has 2 heterocycles. The van der Waals surface area contributed by atoms with E-state index in [0.717, 1.165) is 61.4 Å². The van der Waals surface area contributed by atoms with E-state index in [2.05, 4.69) is 252 Å². The SMILES string of the molecule is c1ccc(-c2cc3ccccc3c3c2oc2c(N(c4ccc(-c5ccc6c(c5)c5ccccc5n6-c5ccccc5)cc4)c4ccc(-c5cccc6ccccc56)cc4)cccc23)cc1. The Morgan fingerprint density at radius 1 is 0.323 bits per heavy atom. The second kappa shape index (κ2) is 15.0. The van der Waals surface area contributed by atoms with E-state index >= 15 is 0 Å². The molecule has 13 rings (SSSR count). The van der Waals surface area contributed by atoms with Crippen LogP contribution in [0.5, 0.6) is 0 Å². The first-order valence-electron chi connectivity index (χ1n) is 22.2. The van der Waals surface area contributed by atoms with Crippen LogP contribution >= 0.6 is 0 Å². The average molecular weight is 829 g/mol. The van der Waals surface area contributed by atoms with Gasteiger partial charge >= 0.3 is 0 Å². The van der Waals surface area contributed by atoms with Gasteiger partial charge in [-0.2, -0.15) is 0 Å². The van der Waals surface area contributed by atoms with Gasteiger partial charge in [0.25, 0.3) is 0 Å². The molecule has 0 amide bonds. The number of hydrogen-bond acceptors (Lipinski definition) is 2. The Bertz CT molecular complexity index is 3910. The lowest BCUT2D eigenvalue weighted by Crippen LogP contribution is -2.10. The fourth-order valence-corrected chi connectivity index (χ4v) is 10.1. The number of benzene rings is 11. The Morgan fingerprint density at radius 3 is 1.68 bits per heavy atom. The summed E-state index contributed by atoms with van der Waals surface area (Å²) < 4.78 is 9.57. The van der Waals surface area contributed by atoms with Gasteiger partial charge in [0.05, 0.1) is 16.7 Å². The van der Waals surface area contributed by atoms with E-state index in [0.29, 0.717) is 0 Å². The van der Waals surface area contributed by atoms with Gasteiger partial charge in [0, 0.05) is 44.2 Å². The van der Waals surface area contributed by atoms with Gasteiger partial charge in [-0.15, -0.1) is 0 Å². The fourth-order valence-electron chi connectivity index (χ4n) is 10.1. The third-order valence-electron chi connectivity index (χ3n) is 13.2. The molecule has 0 spiro atoms. The molecule has 0 bridgehead atoms. The zero-order valence-corrected chi connectivity index (χ0v) is 35.4. The standard InChI is InChI=1S/C62H40N2O/c1-3-15-43(16-4-1)55-40-46-18-8-10-23-52(46)60-54-26-14-28-59(61(54)65-62(55)60)63(49-36-31-44(32-37-49)51-25-13-19-42-17-7-9-22-50(42)51)48-34-29-41(30-35-48)45-33-38-58-56(39-45)53-24-11-12-27-57(53)64(58)47-20-5-2-6-21-47/h1-40H. The third-order valence-corrected chi connectivity index (χ3v) is 13.2. The molecule has 11 aromatic carbocycles. The highest BCUT2D eigenvalue weighted by atomic mass is 16.3. The van der Waals surface area contributed by atoms with Crippen molar-refractivity contribution in [3.05, 3.63) is 243 Å². The molecular formula is C62H40N2O. The number of nitrogens with zero attached hydrogens (tertiary/aromatic N) is 2. The van der Waals surface area contributed by atoms with Crippen molar-refractivity contribution in [1.82, 2.24) is 4.57 Å². The van der Waals surface area contributed by atoms with Crippen LogP contribution in [-0.4, -0.2) is 4.57 Å². The zero-order chi connectivity index (χ0) is 42.8. The van der Waals surface area contributed by atoms with Crippen molar-refractivity contribution in [2.24, 2.45) is 0 Å². The minimum Gasteiger partial charge on any atom is -0.453 e. The summed E-state index contributed by atoms with van der Waals surface area (Å²) in [5.41, 5.74) is 15.3. The lowest BCUT2D eigenvalue weighted by molar-refractivity contribution is 0.670. The molecule has 0 aliphatic heterocycles. The normalized spacial score (nSPS) is 11.7. The largest absolute Gasteiger partial charge is 0.453 e. The summed E-state index contributed by atoms with van der Waals surface area (Å²) in [6, 6.07) is 87.5. The van der Waals surface area contributed by atoms with E-state index in [9.17, 15) is 0 Å². The average Bonchev–Trinajstić information content (AvgIpc) is 3.94. The smallest absolute Gasteiger partial charge is 0.159 e. The van der Waals surface area contributed by atoms with Crippen LogP contribution < -0.4 is 4.90 Å². The number of hydrogen-bond donors (Lipinski definition) is 0. The van der Waals surface area contributed by atoms with E-state index in [-0.39, 0.29) is 0 Å². The van der Waals surface area contributed by atoms with E-state index in [1.165, 1.54) is 60.0 Å². The quantitative estimate of drug-likeness (QED) is 0.160. The number of furan rings is 1. The molecule has 0 saturated heterocycles. The minimum absolute atomic E-state index is 0.846. The number of para-hydroxylation sites is 3. The van der Waals surface area contributed by atoms with Gasteiger partial charge in [-0.25, -0.2) is 0 Å². The lowest BCUT2D eigenvalue weighted by Gasteiger charge is -2.26. The van der Waals surface area contributed by atoms with Crippen LogP contribution in [0.2, 0.25) is 0 Å². The number of fused-ring (bicyclic) bond motifs is 9. The summed E-state index contributed by atoms with van der Waals surface area (Å²) in [5.74, 6) is 0. The predicted octanol–water partition coefficient (Wildman–Crippen LogP) is 17.5. The van der Waals surface area contributed by atoms with Crippen molar-refractivity contribution in [3.8, 4) is 39.1 Å². The maximum absolute atomic E-state index is 7.20. The van der Waals surface area contributed by atoms with Crippen LogP contribution in [0.15, 0.2) is 247 Å². The van der Waals surface area contributed by atoms with Crippen LogP contribution in [-0.2, 0) is 0 Å². The first-order chi connectivity index (χ1) is 32.2. The zero-order valence-electron chi connectivity index (χ0n) is 35.4. The molecule has 0 N–H and O–H groups in total. The Balaban J connectivity index is 0.982. The van der Waals surface area contributed by atoms with Crippen LogP contribution in [0, 0.1) is 0 Å². The maximum atomic E-state index is 7.20. The second-order valence-corrected chi connectivity index (χ2v) is 16.8. The van der Waals surface area contributed by atoms with Crippen LogP contribution in [0.3, 0.4) is 0 Å². The summed E-state index contributed by atoms with van der Waals surface area (Å²) in [7, 11) is 0. The summed E-state index contributed by atoms with van der Waals surface area (Å²) in [5, 5.41) is 9.53. The molecule has 3 nitrogen and oxygen atoms in total. The monoisotopic (exact) mass is 828 g/mol. The molecule has 0 aliphatic carbocycles. The van der Waals surface area contributed by atoms with E-state index in [4.69, 9.17) is 4.42 Å². The van der Waals surface area contributed by atoms with E-state index < -0.39 is 0 Å². The highest BCUT2D eigenvalue weighted by molar-refractivity contribution is 6.24. The predicted molar refractivity (Wildman–Crippen MR) is 274 cm³/mol. The number of rotatable bonds is 7. The molecule has 0 atom stereocenters. The third kappa shape index (κ3) is 6.05. The van der Waals surface area contributed by atoms with Gasteiger partial charge in [0.2, 0.25) is 0 Å². The van der Waals surface area contributed by atoms with Crippen molar-refractivity contribution >= 4 is 82.4 Å².